The molecule has 1 aliphatic heterocycles. The van der Waals surface area contributed by atoms with Crippen molar-refractivity contribution in [3.63, 3.8) is 0 Å². The second-order valence-corrected chi connectivity index (χ2v) is 8.33. The Hall–Kier alpha value is -3.05. The third-order valence-electron chi connectivity index (χ3n) is 5.05. The number of fused-ring (bicyclic) bond motifs is 1. The van der Waals surface area contributed by atoms with E-state index in [1.165, 1.54) is 11.3 Å². The van der Waals surface area contributed by atoms with E-state index in [1.807, 2.05) is 0 Å². The van der Waals surface area contributed by atoms with Crippen LogP contribution in [-0.2, 0) is 17.7 Å². The Morgan fingerprint density at radius 1 is 1.23 bits per heavy atom. The smallest absolute Gasteiger partial charge is 0.410 e. The molecule has 1 N–H and O–H groups in total. The molecule has 0 aliphatic carbocycles. The highest BCUT2D eigenvalue weighted by Gasteiger charge is 2.28. The molecule has 31 heavy (non-hydrogen) atoms. The highest BCUT2D eigenvalue weighted by molar-refractivity contribution is 7.16. The van der Waals surface area contributed by atoms with Crippen molar-refractivity contribution in [2.45, 2.75) is 46.1 Å². The number of nitrogens with zero attached hydrogens (tertiary/aromatic N) is 2. The largest absolute Gasteiger partial charge is 0.494 e. The third-order valence-corrected chi connectivity index (χ3v) is 6.19. The van der Waals surface area contributed by atoms with Crippen LogP contribution in [0.2, 0.25) is 0 Å². The molecule has 1 aromatic carbocycles. The number of carbonyl (C=O) groups excluding carboxylic acids is 2. The van der Waals surface area contributed by atoms with Gasteiger partial charge in [-0.15, -0.1) is 11.3 Å². The number of unbranched alkanes of at least 4 members (excludes halogenated alkanes) is 2. The van der Waals surface area contributed by atoms with Crippen molar-refractivity contribution < 1.29 is 19.1 Å². The SMILES string of the molecule is CCCCCOc1ccc(C(=O)Nc2sc3c(c2C#N)CCN(C(=O)OCC)C3)cc1. The Labute approximate surface area is 186 Å². The minimum atomic E-state index is -0.359. The van der Waals surface area contributed by atoms with E-state index < -0.39 is 0 Å². The minimum absolute atomic E-state index is 0.283. The fourth-order valence-corrected chi connectivity index (χ4v) is 4.61. The number of ether oxygens (including phenoxy) is 2. The van der Waals surface area contributed by atoms with E-state index in [1.54, 1.807) is 36.1 Å². The summed E-state index contributed by atoms with van der Waals surface area (Å²) in [6.45, 7) is 5.77. The lowest BCUT2D eigenvalue weighted by Gasteiger charge is -2.25. The predicted octanol–water partition coefficient (Wildman–Crippen LogP) is 4.96. The first kappa shape index (κ1) is 22.6. The van der Waals surface area contributed by atoms with Gasteiger partial charge in [0.25, 0.3) is 5.91 Å². The average molecular weight is 442 g/mol. The number of nitrogens with one attached hydrogen (secondary N) is 1. The van der Waals surface area contributed by atoms with Gasteiger partial charge >= 0.3 is 6.09 Å². The van der Waals surface area contributed by atoms with Crippen molar-refractivity contribution in [1.29, 1.82) is 5.26 Å². The number of nitriles is 1. The first-order chi connectivity index (χ1) is 15.1. The molecule has 8 heteroatoms. The number of rotatable bonds is 8. The van der Waals surface area contributed by atoms with E-state index in [-0.39, 0.29) is 12.0 Å². The van der Waals surface area contributed by atoms with E-state index in [4.69, 9.17) is 9.47 Å². The van der Waals surface area contributed by atoms with E-state index in [0.717, 1.165) is 35.5 Å². The Balaban J connectivity index is 1.67. The molecule has 0 bridgehead atoms. The molecular weight excluding hydrogens is 414 g/mol. The Morgan fingerprint density at radius 2 is 2.00 bits per heavy atom. The fourth-order valence-electron chi connectivity index (χ4n) is 3.40. The van der Waals surface area contributed by atoms with E-state index in [9.17, 15) is 14.9 Å². The molecule has 0 saturated heterocycles. The molecule has 7 nitrogen and oxygen atoms in total. The zero-order chi connectivity index (χ0) is 22.2. The molecule has 0 unspecified atom stereocenters. The Morgan fingerprint density at radius 3 is 2.68 bits per heavy atom. The minimum Gasteiger partial charge on any atom is -0.494 e. The fraction of sp³-hybridized carbons (Fsp3) is 0.435. The number of hydrogen-bond donors (Lipinski definition) is 1. The van der Waals surface area contributed by atoms with Gasteiger partial charge < -0.3 is 19.7 Å². The molecule has 0 saturated carbocycles. The summed E-state index contributed by atoms with van der Waals surface area (Å²) in [5.74, 6) is 0.450. The van der Waals surface area contributed by atoms with Gasteiger partial charge in [-0.25, -0.2) is 4.79 Å². The molecule has 1 aromatic heterocycles. The summed E-state index contributed by atoms with van der Waals surface area (Å²) in [7, 11) is 0. The van der Waals surface area contributed by atoms with Gasteiger partial charge in [0.05, 0.1) is 25.3 Å². The lowest BCUT2D eigenvalue weighted by atomic mass is 10.0. The number of thiophene rings is 1. The summed E-state index contributed by atoms with van der Waals surface area (Å²) in [6, 6.07) is 9.20. The van der Waals surface area contributed by atoms with Crippen LogP contribution in [0.3, 0.4) is 0 Å². The summed E-state index contributed by atoms with van der Waals surface area (Å²) in [5.41, 5.74) is 1.87. The van der Waals surface area contributed by atoms with Crippen molar-refractivity contribution in [3.05, 3.63) is 45.8 Å². The lowest BCUT2D eigenvalue weighted by Crippen LogP contribution is -2.35. The third kappa shape index (κ3) is 5.56. The maximum atomic E-state index is 12.7. The van der Waals surface area contributed by atoms with Gasteiger partial charge in [0.1, 0.15) is 16.8 Å². The van der Waals surface area contributed by atoms with Crippen LogP contribution in [0.15, 0.2) is 24.3 Å². The Bertz CT molecular complexity index is 962. The van der Waals surface area contributed by atoms with Crippen molar-refractivity contribution in [2.24, 2.45) is 0 Å². The Kier molecular flexibility index (Phi) is 7.90. The summed E-state index contributed by atoms with van der Waals surface area (Å²) in [5, 5.41) is 13.0. The molecule has 3 rings (SSSR count). The van der Waals surface area contributed by atoms with E-state index >= 15 is 0 Å². The molecule has 2 heterocycles. The number of anilines is 1. The van der Waals surface area contributed by atoms with Gasteiger partial charge in [-0.1, -0.05) is 19.8 Å². The van der Waals surface area contributed by atoms with Crippen molar-refractivity contribution in [3.8, 4) is 11.8 Å². The molecule has 2 aromatic rings. The summed E-state index contributed by atoms with van der Waals surface area (Å²) < 4.78 is 10.8. The predicted molar refractivity (Wildman–Crippen MR) is 120 cm³/mol. The summed E-state index contributed by atoms with van der Waals surface area (Å²) in [6.07, 6.45) is 3.48. The van der Waals surface area contributed by atoms with Crippen LogP contribution in [0.1, 0.15) is 59.5 Å². The van der Waals surface area contributed by atoms with E-state index in [0.29, 0.717) is 48.9 Å². The van der Waals surface area contributed by atoms with Crippen LogP contribution in [-0.4, -0.2) is 36.7 Å². The summed E-state index contributed by atoms with van der Waals surface area (Å²) in [4.78, 5) is 27.3. The van der Waals surface area contributed by atoms with Crippen molar-refractivity contribution in [2.75, 3.05) is 25.1 Å². The van der Waals surface area contributed by atoms with Gasteiger partial charge in [-0.05, 0) is 49.6 Å². The van der Waals surface area contributed by atoms with E-state index in [2.05, 4.69) is 18.3 Å². The topological polar surface area (TPSA) is 91.7 Å². The van der Waals surface area contributed by atoms with Crippen LogP contribution in [0.5, 0.6) is 5.75 Å². The monoisotopic (exact) mass is 441 g/mol. The highest BCUT2D eigenvalue weighted by atomic mass is 32.1. The zero-order valence-corrected chi connectivity index (χ0v) is 18.7. The van der Waals surface area contributed by atoms with Gasteiger partial charge in [0.2, 0.25) is 0 Å². The number of amides is 2. The number of benzene rings is 1. The van der Waals surface area contributed by atoms with Crippen LogP contribution in [0.25, 0.3) is 0 Å². The molecule has 2 amide bonds. The maximum Gasteiger partial charge on any atom is 0.410 e. The first-order valence-corrected chi connectivity index (χ1v) is 11.4. The number of hydrogen-bond acceptors (Lipinski definition) is 6. The average Bonchev–Trinajstić information content (AvgIpc) is 3.13. The molecular formula is C23H27N3O4S. The van der Waals surface area contributed by atoms with Crippen molar-refractivity contribution >= 4 is 28.3 Å². The normalized spacial score (nSPS) is 12.6. The lowest BCUT2D eigenvalue weighted by molar-refractivity contribution is 0.102. The van der Waals surface area contributed by atoms with Gasteiger partial charge in [0, 0.05) is 17.0 Å². The second-order valence-electron chi connectivity index (χ2n) is 7.22. The molecule has 164 valence electrons. The van der Waals surface area contributed by atoms with Crippen molar-refractivity contribution in [1.82, 2.24) is 4.90 Å². The standard InChI is InChI=1S/C23H27N3O4S/c1-3-5-6-13-30-17-9-7-16(8-10-17)21(27)25-22-19(14-24)18-11-12-26(15-20(18)31-22)23(28)29-4-2/h7-10H,3-6,11-13,15H2,1-2H3,(H,25,27). The molecule has 1 aliphatic rings. The molecule has 0 atom stereocenters. The molecule has 0 fully saturated rings. The molecule has 0 radical (unpaired) electrons. The van der Waals surface area contributed by atoms with Crippen LogP contribution in [0, 0.1) is 11.3 Å². The van der Waals surface area contributed by atoms with Crippen LogP contribution < -0.4 is 10.1 Å². The summed E-state index contributed by atoms with van der Waals surface area (Å²) >= 11 is 1.34. The zero-order valence-electron chi connectivity index (χ0n) is 17.9. The van der Waals surface area contributed by atoms with Gasteiger partial charge in [-0.3, -0.25) is 4.79 Å². The second kappa shape index (κ2) is 10.8. The highest BCUT2D eigenvalue weighted by Crippen LogP contribution is 2.37. The van der Waals surface area contributed by atoms with Crippen LogP contribution >= 0.6 is 11.3 Å². The quantitative estimate of drug-likeness (QED) is 0.585. The van der Waals surface area contributed by atoms with Crippen LogP contribution in [0.4, 0.5) is 9.80 Å². The first-order valence-electron chi connectivity index (χ1n) is 10.6. The number of carbonyl (C=O) groups is 2. The molecule has 0 spiro atoms. The van der Waals surface area contributed by atoms with Gasteiger partial charge in [0.15, 0.2) is 0 Å². The maximum absolute atomic E-state index is 12.7. The van der Waals surface area contributed by atoms with Gasteiger partial charge in [-0.2, -0.15) is 5.26 Å².